The summed E-state index contributed by atoms with van der Waals surface area (Å²) in [5, 5.41) is 2.31. The first-order valence-corrected chi connectivity index (χ1v) is 13.5. The van der Waals surface area contributed by atoms with Crippen molar-refractivity contribution in [1.29, 1.82) is 0 Å². The summed E-state index contributed by atoms with van der Waals surface area (Å²) in [6.45, 7) is 2.18. The molecule has 0 amide bonds. The number of hydrogen-bond donors (Lipinski definition) is 0. The fourth-order valence-corrected chi connectivity index (χ4v) is 6.78. The Labute approximate surface area is 228 Å². The third-order valence-corrected chi connectivity index (χ3v) is 8.44. The van der Waals surface area contributed by atoms with Gasteiger partial charge in [-0.2, -0.15) is 0 Å². The molecule has 8 rings (SSSR count). The van der Waals surface area contributed by atoms with E-state index in [0.29, 0.717) is 0 Å². The van der Waals surface area contributed by atoms with Gasteiger partial charge in [0.2, 0.25) is 0 Å². The molecule has 0 radical (unpaired) electrons. The topological polar surface area (TPSA) is 13.1 Å². The number of fused-ring (bicyclic) bond motifs is 6. The second-order valence-electron chi connectivity index (χ2n) is 10.6. The predicted octanol–water partition coefficient (Wildman–Crippen LogP) is 9.92. The minimum absolute atomic E-state index is 0.386. The van der Waals surface area contributed by atoms with E-state index < -0.39 is 0 Å². The Balaban J connectivity index is 1.37. The highest BCUT2D eigenvalue weighted by molar-refractivity contribution is 6.09. The van der Waals surface area contributed by atoms with Crippen molar-refractivity contribution in [2.45, 2.75) is 12.3 Å². The summed E-state index contributed by atoms with van der Waals surface area (Å²) in [6.07, 6.45) is 0. The minimum Gasteiger partial charge on any atom is -0.455 e. The van der Waals surface area contributed by atoms with Gasteiger partial charge < -0.3 is 4.42 Å². The average molecular weight is 499 g/mol. The van der Waals surface area contributed by atoms with Crippen LogP contribution >= 0.6 is 0 Å². The molecule has 1 nitrogen and oxygen atoms in total. The van der Waals surface area contributed by atoms with Gasteiger partial charge in [-0.05, 0) is 51.9 Å². The van der Waals surface area contributed by atoms with Crippen LogP contribution in [0.15, 0.2) is 144 Å². The fourth-order valence-electron chi connectivity index (χ4n) is 6.78. The van der Waals surface area contributed by atoms with Crippen LogP contribution in [0.5, 0.6) is 0 Å². The first-order valence-electron chi connectivity index (χ1n) is 13.5. The van der Waals surface area contributed by atoms with Crippen molar-refractivity contribution < 1.29 is 4.42 Å². The molecule has 1 heteroatoms. The van der Waals surface area contributed by atoms with Crippen LogP contribution in [-0.2, 0) is 5.41 Å². The molecule has 0 fully saturated rings. The lowest BCUT2D eigenvalue weighted by molar-refractivity contribution is 0.670. The summed E-state index contributed by atoms with van der Waals surface area (Å²) in [5.74, 6) is 0. The number of aryl methyl sites for hydroxylation is 1. The van der Waals surface area contributed by atoms with Crippen LogP contribution in [0.1, 0.15) is 27.8 Å². The maximum atomic E-state index is 6.36. The number of benzene rings is 6. The summed E-state index contributed by atoms with van der Waals surface area (Å²) < 4.78 is 6.36. The Bertz CT molecular complexity index is 1980. The molecule has 1 aromatic heterocycles. The van der Waals surface area contributed by atoms with Crippen LogP contribution in [0.4, 0.5) is 0 Å². The Morgan fingerprint density at radius 1 is 0.487 bits per heavy atom. The van der Waals surface area contributed by atoms with Crippen molar-refractivity contribution in [2.24, 2.45) is 0 Å². The number of rotatable bonds is 3. The largest absolute Gasteiger partial charge is 0.455 e. The molecule has 184 valence electrons. The van der Waals surface area contributed by atoms with Gasteiger partial charge in [-0.15, -0.1) is 0 Å². The molecule has 39 heavy (non-hydrogen) atoms. The molecular weight excluding hydrogens is 472 g/mol. The Morgan fingerprint density at radius 3 is 1.85 bits per heavy atom. The van der Waals surface area contributed by atoms with Crippen LogP contribution in [0, 0.1) is 6.92 Å². The third kappa shape index (κ3) is 3.08. The van der Waals surface area contributed by atoms with E-state index in [-0.39, 0.29) is 5.41 Å². The Kier molecular flexibility index (Phi) is 4.72. The van der Waals surface area contributed by atoms with E-state index >= 15 is 0 Å². The first kappa shape index (κ1) is 22.1. The number of hydrogen-bond acceptors (Lipinski definition) is 1. The smallest absolute Gasteiger partial charge is 0.143 e. The van der Waals surface area contributed by atoms with Crippen molar-refractivity contribution >= 4 is 21.9 Å². The first-order chi connectivity index (χ1) is 19.2. The SMILES string of the molecule is Cc1cccc(C2(c3ccc(-c4cccc5c4oc4ccccc45)cc3)c3ccccc3-c3ccccc32)c1. The highest BCUT2D eigenvalue weighted by atomic mass is 16.3. The van der Waals surface area contributed by atoms with E-state index in [9.17, 15) is 0 Å². The lowest BCUT2D eigenvalue weighted by atomic mass is 9.67. The summed E-state index contributed by atoms with van der Waals surface area (Å²) in [6, 6.07) is 50.7. The Hall–Kier alpha value is -4.88. The van der Waals surface area contributed by atoms with Gasteiger partial charge in [-0.1, -0.05) is 139 Å². The zero-order valence-corrected chi connectivity index (χ0v) is 21.7. The molecular formula is C38H26O. The number of furan rings is 1. The van der Waals surface area contributed by atoms with Crippen LogP contribution in [0.2, 0.25) is 0 Å². The second-order valence-corrected chi connectivity index (χ2v) is 10.6. The van der Waals surface area contributed by atoms with Crippen molar-refractivity contribution in [3.05, 3.63) is 167 Å². The molecule has 6 aromatic carbocycles. The minimum atomic E-state index is -0.386. The zero-order chi connectivity index (χ0) is 26.0. The van der Waals surface area contributed by atoms with E-state index in [2.05, 4.69) is 134 Å². The molecule has 0 bridgehead atoms. The van der Waals surface area contributed by atoms with Crippen molar-refractivity contribution in [2.75, 3.05) is 0 Å². The van der Waals surface area contributed by atoms with E-state index in [0.717, 1.165) is 33.1 Å². The standard InChI is InChI=1S/C38H26O/c1-25-10-8-11-28(24-25)38(34-17-5-2-12-30(34)31-13-3-6-18-35(31)38)27-22-20-26(21-23-27)29-15-9-16-33-32-14-4-7-19-36(32)39-37(29)33/h2-24H,1H3. The maximum absolute atomic E-state index is 6.36. The predicted molar refractivity (Wildman–Crippen MR) is 161 cm³/mol. The lowest BCUT2D eigenvalue weighted by Gasteiger charge is -2.34. The van der Waals surface area contributed by atoms with Crippen molar-refractivity contribution in [3.63, 3.8) is 0 Å². The van der Waals surface area contributed by atoms with Gasteiger partial charge in [0, 0.05) is 16.3 Å². The quantitative estimate of drug-likeness (QED) is 0.236. The molecule has 0 aliphatic heterocycles. The van der Waals surface area contributed by atoms with Gasteiger partial charge >= 0.3 is 0 Å². The highest BCUT2D eigenvalue weighted by Gasteiger charge is 2.45. The third-order valence-electron chi connectivity index (χ3n) is 8.44. The second kappa shape index (κ2) is 8.31. The number of para-hydroxylation sites is 2. The summed E-state index contributed by atoms with van der Waals surface area (Å²) in [4.78, 5) is 0. The molecule has 0 saturated heterocycles. The summed E-state index contributed by atoms with van der Waals surface area (Å²) in [5.41, 5.74) is 12.9. The molecule has 0 saturated carbocycles. The van der Waals surface area contributed by atoms with Crippen LogP contribution in [0.25, 0.3) is 44.2 Å². The molecule has 1 aliphatic carbocycles. The van der Waals surface area contributed by atoms with Gasteiger partial charge in [0.25, 0.3) is 0 Å². The van der Waals surface area contributed by atoms with Gasteiger partial charge in [-0.3, -0.25) is 0 Å². The molecule has 0 unspecified atom stereocenters. The average Bonchev–Trinajstić information content (AvgIpc) is 3.52. The van der Waals surface area contributed by atoms with Gasteiger partial charge in [-0.25, -0.2) is 0 Å². The zero-order valence-electron chi connectivity index (χ0n) is 21.7. The fraction of sp³-hybridized carbons (Fsp3) is 0.0526. The van der Waals surface area contributed by atoms with E-state index in [1.807, 2.05) is 12.1 Å². The van der Waals surface area contributed by atoms with Crippen molar-refractivity contribution in [1.82, 2.24) is 0 Å². The Morgan fingerprint density at radius 2 is 1.10 bits per heavy atom. The normalized spacial score (nSPS) is 13.5. The molecule has 1 aliphatic rings. The monoisotopic (exact) mass is 498 g/mol. The van der Waals surface area contributed by atoms with Crippen LogP contribution < -0.4 is 0 Å². The maximum Gasteiger partial charge on any atom is 0.143 e. The summed E-state index contributed by atoms with van der Waals surface area (Å²) >= 11 is 0. The molecule has 1 heterocycles. The summed E-state index contributed by atoms with van der Waals surface area (Å²) in [7, 11) is 0. The molecule has 7 aromatic rings. The van der Waals surface area contributed by atoms with Gasteiger partial charge in [0.05, 0.1) is 5.41 Å². The van der Waals surface area contributed by atoms with Crippen molar-refractivity contribution in [3.8, 4) is 22.3 Å². The molecule has 0 atom stereocenters. The van der Waals surface area contributed by atoms with E-state index in [1.54, 1.807) is 0 Å². The highest BCUT2D eigenvalue weighted by Crippen LogP contribution is 2.56. The molecule has 0 N–H and O–H groups in total. The van der Waals surface area contributed by atoms with Crippen LogP contribution in [0.3, 0.4) is 0 Å². The van der Waals surface area contributed by atoms with E-state index in [1.165, 1.54) is 38.9 Å². The lowest BCUT2D eigenvalue weighted by Crippen LogP contribution is -2.28. The van der Waals surface area contributed by atoms with E-state index in [4.69, 9.17) is 4.42 Å². The molecule has 0 spiro atoms. The van der Waals surface area contributed by atoms with Gasteiger partial charge in [0.15, 0.2) is 0 Å². The van der Waals surface area contributed by atoms with Gasteiger partial charge in [0.1, 0.15) is 11.2 Å². The van der Waals surface area contributed by atoms with Crippen LogP contribution in [-0.4, -0.2) is 0 Å².